The van der Waals surface area contributed by atoms with E-state index in [4.69, 9.17) is 19.9 Å². The van der Waals surface area contributed by atoms with Crippen molar-refractivity contribution in [3.8, 4) is 28.3 Å². The number of aromatic nitrogens is 7. The highest BCUT2D eigenvalue weighted by Crippen LogP contribution is 2.57. The predicted molar refractivity (Wildman–Crippen MR) is 298 cm³/mol. The zero-order valence-electron chi connectivity index (χ0n) is 39.9. The van der Waals surface area contributed by atoms with Gasteiger partial charge in [0.05, 0.1) is 72.4 Å². The maximum atomic E-state index is 6.36. The number of rotatable bonds is 6. The van der Waals surface area contributed by atoms with E-state index < -0.39 is 0 Å². The summed E-state index contributed by atoms with van der Waals surface area (Å²) < 4.78 is 7.18. The number of anilines is 6. The first-order chi connectivity index (χ1) is 36.1. The standard InChI is InChI=1S/C64H43N9/c1-40-37-41(2)39-42(38-40)57-61(70-47-24-9-6-21-44(47)58-54(70)31-16-34-65-58)63(72-49-26-11-8-23-46(49)60-56(72)33-18-36-67-60)68-64(62(57)71-48-25-10-7-22-45(48)59-55(71)32-17-35-66-59)73-52-29-14-12-27-50(52)69(43-19-4-3-5-20-43)51-28-13-15-30-53(51)73/h3-39H,1-2H3. The Morgan fingerprint density at radius 2 is 0.712 bits per heavy atom. The molecule has 0 radical (unpaired) electrons. The summed E-state index contributed by atoms with van der Waals surface area (Å²) in [6.07, 6.45) is 5.68. The molecule has 0 aliphatic carbocycles. The lowest BCUT2D eigenvalue weighted by Gasteiger charge is -2.41. The lowest BCUT2D eigenvalue weighted by atomic mass is 9.96. The Hall–Kier alpha value is -9.86. The van der Waals surface area contributed by atoms with E-state index in [0.29, 0.717) is 0 Å². The topological polar surface area (TPSA) is 72.8 Å². The van der Waals surface area contributed by atoms with E-state index in [1.165, 1.54) is 0 Å². The van der Waals surface area contributed by atoms with Gasteiger partial charge in [-0.1, -0.05) is 126 Å². The van der Waals surface area contributed by atoms with Crippen molar-refractivity contribution in [2.75, 3.05) is 9.80 Å². The average molecular weight is 938 g/mol. The quantitative estimate of drug-likeness (QED) is 0.165. The van der Waals surface area contributed by atoms with Crippen LogP contribution >= 0.6 is 0 Å². The first-order valence-corrected chi connectivity index (χ1v) is 24.6. The summed E-state index contributed by atoms with van der Waals surface area (Å²) in [5.41, 5.74) is 19.8. The van der Waals surface area contributed by atoms with Crippen molar-refractivity contribution in [1.29, 1.82) is 0 Å². The minimum Gasteiger partial charge on any atom is -0.306 e. The van der Waals surface area contributed by atoms with Crippen LogP contribution in [0.5, 0.6) is 0 Å². The molecule has 15 rings (SSSR count). The molecule has 73 heavy (non-hydrogen) atoms. The zero-order chi connectivity index (χ0) is 48.3. The summed E-state index contributed by atoms with van der Waals surface area (Å²) in [5, 5.41) is 3.13. The smallest absolute Gasteiger partial charge is 0.165 e. The minimum atomic E-state index is 0.734. The Morgan fingerprint density at radius 3 is 1.21 bits per heavy atom. The lowest BCUT2D eigenvalue weighted by molar-refractivity contribution is 0.990. The normalized spacial score (nSPS) is 12.5. The molecule has 0 fully saturated rings. The van der Waals surface area contributed by atoms with Gasteiger partial charge in [-0.3, -0.25) is 24.4 Å². The van der Waals surface area contributed by atoms with Crippen LogP contribution in [0.2, 0.25) is 0 Å². The van der Waals surface area contributed by atoms with E-state index in [2.05, 4.69) is 225 Å². The lowest BCUT2D eigenvalue weighted by Crippen LogP contribution is -2.26. The molecular weight excluding hydrogens is 895 g/mol. The molecule has 0 atom stereocenters. The monoisotopic (exact) mass is 937 g/mol. The van der Waals surface area contributed by atoms with Gasteiger partial charge in [-0.25, -0.2) is 4.98 Å². The number of hydrogen-bond acceptors (Lipinski definition) is 6. The van der Waals surface area contributed by atoms with Crippen molar-refractivity contribution < 1.29 is 0 Å². The molecule has 7 aromatic heterocycles. The fraction of sp³-hybridized carbons (Fsp3) is 0.0312. The van der Waals surface area contributed by atoms with Crippen LogP contribution < -0.4 is 9.80 Å². The highest BCUT2D eigenvalue weighted by molar-refractivity contribution is 6.14. The average Bonchev–Trinajstić information content (AvgIpc) is 4.08. The Kier molecular flexibility index (Phi) is 8.88. The largest absolute Gasteiger partial charge is 0.306 e. The van der Waals surface area contributed by atoms with Gasteiger partial charge in [0.15, 0.2) is 11.6 Å². The fourth-order valence-electron chi connectivity index (χ4n) is 11.8. The zero-order valence-corrected chi connectivity index (χ0v) is 39.9. The molecule has 0 unspecified atom stereocenters. The van der Waals surface area contributed by atoms with Crippen LogP contribution in [0.15, 0.2) is 225 Å². The van der Waals surface area contributed by atoms with E-state index in [1.54, 1.807) is 0 Å². The van der Waals surface area contributed by atoms with Gasteiger partial charge in [-0.2, -0.15) is 0 Å². The maximum Gasteiger partial charge on any atom is 0.165 e. The van der Waals surface area contributed by atoms with Gasteiger partial charge < -0.3 is 14.0 Å². The van der Waals surface area contributed by atoms with E-state index in [-0.39, 0.29) is 0 Å². The Balaban J connectivity index is 1.24. The number of para-hydroxylation sites is 8. The maximum absolute atomic E-state index is 6.36. The third-order valence-electron chi connectivity index (χ3n) is 14.5. The summed E-state index contributed by atoms with van der Waals surface area (Å²) in [5.74, 6) is 1.47. The second-order valence-electron chi connectivity index (χ2n) is 18.9. The predicted octanol–water partition coefficient (Wildman–Crippen LogP) is 16.1. The Morgan fingerprint density at radius 1 is 0.329 bits per heavy atom. The van der Waals surface area contributed by atoms with E-state index in [0.717, 1.165) is 140 Å². The van der Waals surface area contributed by atoms with Gasteiger partial charge in [-0.05, 0) is 110 Å². The fourth-order valence-corrected chi connectivity index (χ4v) is 11.8. The molecule has 14 aromatic rings. The second-order valence-corrected chi connectivity index (χ2v) is 18.9. The van der Waals surface area contributed by atoms with Crippen LogP contribution in [0.25, 0.3) is 94.1 Å². The van der Waals surface area contributed by atoms with Gasteiger partial charge in [0.25, 0.3) is 0 Å². The van der Waals surface area contributed by atoms with Gasteiger partial charge in [0.1, 0.15) is 11.4 Å². The molecule has 344 valence electrons. The molecule has 0 saturated heterocycles. The molecular formula is C64H43N9. The van der Waals surface area contributed by atoms with Gasteiger partial charge >= 0.3 is 0 Å². The van der Waals surface area contributed by atoms with Crippen LogP contribution in [0, 0.1) is 13.8 Å². The van der Waals surface area contributed by atoms with Gasteiger partial charge in [0.2, 0.25) is 0 Å². The molecule has 9 nitrogen and oxygen atoms in total. The van der Waals surface area contributed by atoms with Crippen molar-refractivity contribution in [2.24, 2.45) is 0 Å². The van der Waals surface area contributed by atoms with E-state index in [1.807, 2.05) is 36.8 Å². The van der Waals surface area contributed by atoms with Gasteiger partial charge in [0, 0.05) is 46.0 Å². The summed E-state index contributed by atoms with van der Waals surface area (Å²) in [4.78, 5) is 26.5. The number of pyridine rings is 4. The molecule has 7 aromatic carbocycles. The number of fused-ring (bicyclic) bond motifs is 11. The molecule has 0 amide bonds. The van der Waals surface area contributed by atoms with Crippen LogP contribution in [0.3, 0.4) is 0 Å². The van der Waals surface area contributed by atoms with E-state index >= 15 is 0 Å². The van der Waals surface area contributed by atoms with E-state index in [9.17, 15) is 0 Å². The third-order valence-corrected chi connectivity index (χ3v) is 14.5. The summed E-state index contributed by atoms with van der Waals surface area (Å²) in [6.45, 7) is 4.39. The molecule has 8 heterocycles. The van der Waals surface area contributed by atoms with Crippen LogP contribution in [-0.4, -0.2) is 33.6 Å². The summed E-state index contributed by atoms with van der Waals surface area (Å²) in [7, 11) is 0. The molecule has 1 aliphatic rings. The molecule has 0 N–H and O–H groups in total. The first-order valence-electron chi connectivity index (χ1n) is 24.6. The van der Waals surface area contributed by atoms with Crippen LogP contribution in [-0.2, 0) is 0 Å². The SMILES string of the molecule is Cc1cc(C)cc(-c2c(-n3c4ccccc4c4ncccc43)c(N3c4ccccc4N(c4ccccc4)c4ccccc43)nc(-n3c4ccccc4c4ncccc43)c2-n2c3ccccc3c3ncccc32)c1. The Bertz CT molecular complexity index is 4340. The van der Waals surface area contributed by atoms with Crippen molar-refractivity contribution in [2.45, 2.75) is 13.8 Å². The first kappa shape index (κ1) is 41.0. The van der Waals surface area contributed by atoms with Crippen LogP contribution in [0.4, 0.5) is 34.3 Å². The van der Waals surface area contributed by atoms with Crippen molar-refractivity contribution >= 4 is 100 Å². The van der Waals surface area contributed by atoms with Crippen molar-refractivity contribution in [3.05, 3.63) is 236 Å². The third kappa shape index (κ3) is 5.96. The van der Waals surface area contributed by atoms with Crippen molar-refractivity contribution in [1.82, 2.24) is 33.6 Å². The second kappa shape index (κ2) is 15.8. The molecule has 9 heteroatoms. The number of aryl methyl sites for hydroxylation is 2. The number of benzene rings is 7. The number of nitrogens with zero attached hydrogens (tertiary/aromatic N) is 9. The molecule has 0 spiro atoms. The summed E-state index contributed by atoms with van der Waals surface area (Å²) >= 11 is 0. The molecule has 1 aliphatic heterocycles. The minimum absolute atomic E-state index is 0.734. The summed E-state index contributed by atoms with van der Waals surface area (Å²) in [6, 6.07) is 73.5. The van der Waals surface area contributed by atoms with Gasteiger partial charge in [-0.15, -0.1) is 0 Å². The van der Waals surface area contributed by atoms with Crippen LogP contribution in [0.1, 0.15) is 11.1 Å². The molecule has 0 saturated carbocycles. The Labute approximate surface area is 419 Å². The molecule has 0 bridgehead atoms. The highest BCUT2D eigenvalue weighted by atomic mass is 15.3. The van der Waals surface area contributed by atoms with Crippen molar-refractivity contribution in [3.63, 3.8) is 0 Å². The number of hydrogen-bond donors (Lipinski definition) is 0. The highest BCUT2D eigenvalue weighted by Gasteiger charge is 2.37.